The van der Waals surface area contributed by atoms with Crippen molar-refractivity contribution < 1.29 is 9.53 Å². The van der Waals surface area contributed by atoms with Gasteiger partial charge < -0.3 is 4.74 Å². The summed E-state index contributed by atoms with van der Waals surface area (Å²) in [6.45, 7) is 23.1. The lowest BCUT2D eigenvalue weighted by atomic mass is 9.68. The Morgan fingerprint density at radius 1 is 0.900 bits per heavy atom. The molecule has 1 atom stereocenters. The summed E-state index contributed by atoms with van der Waals surface area (Å²) in [6.07, 6.45) is 0.830. The molecule has 0 saturated carbocycles. The highest BCUT2D eigenvalue weighted by Gasteiger charge is 2.45. The number of esters is 1. The first kappa shape index (κ1) is 19.5. The number of hydrogen-bond donors (Lipinski definition) is 0. The molecule has 0 aliphatic rings. The van der Waals surface area contributed by atoms with Gasteiger partial charge in [-0.25, -0.2) is 0 Å². The molecule has 0 radical (unpaired) electrons. The Morgan fingerprint density at radius 2 is 1.30 bits per heavy atom. The Hall–Kier alpha value is -0.530. The van der Waals surface area contributed by atoms with Crippen molar-refractivity contribution in [1.82, 2.24) is 0 Å². The van der Waals surface area contributed by atoms with E-state index in [0.717, 1.165) is 6.42 Å². The van der Waals surface area contributed by atoms with Crippen molar-refractivity contribution in [3.05, 3.63) is 0 Å². The highest BCUT2D eigenvalue weighted by molar-refractivity contribution is 5.77. The third kappa shape index (κ3) is 4.79. The number of carbonyl (C=O) groups excluding carboxylic acids is 1. The van der Waals surface area contributed by atoms with Gasteiger partial charge in [0.2, 0.25) is 0 Å². The Kier molecular flexibility index (Phi) is 5.54. The smallest absolute Gasteiger partial charge is 0.312 e. The van der Waals surface area contributed by atoms with Crippen LogP contribution in [-0.4, -0.2) is 11.6 Å². The van der Waals surface area contributed by atoms with E-state index in [-0.39, 0.29) is 22.7 Å². The van der Waals surface area contributed by atoms with E-state index >= 15 is 0 Å². The van der Waals surface area contributed by atoms with Crippen molar-refractivity contribution in [3.8, 4) is 0 Å². The van der Waals surface area contributed by atoms with Gasteiger partial charge in [-0.2, -0.15) is 0 Å². The fourth-order valence-corrected chi connectivity index (χ4v) is 2.12. The van der Waals surface area contributed by atoms with Crippen molar-refractivity contribution in [2.24, 2.45) is 22.2 Å². The molecule has 0 aliphatic carbocycles. The molecule has 0 heterocycles. The first-order valence-corrected chi connectivity index (χ1v) is 7.76. The monoisotopic (exact) mass is 284 g/mol. The van der Waals surface area contributed by atoms with Crippen molar-refractivity contribution in [1.29, 1.82) is 0 Å². The van der Waals surface area contributed by atoms with Crippen LogP contribution in [0.15, 0.2) is 0 Å². The Labute approximate surface area is 126 Å². The maximum absolute atomic E-state index is 12.8. The van der Waals surface area contributed by atoms with Gasteiger partial charge in [0, 0.05) is 5.41 Å². The van der Waals surface area contributed by atoms with Crippen LogP contribution in [-0.2, 0) is 9.53 Å². The minimum atomic E-state index is -0.474. The second-order valence-electron chi connectivity index (χ2n) is 9.46. The summed E-state index contributed by atoms with van der Waals surface area (Å²) in [6, 6.07) is 0. The van der Waals surface area contributed by atoms with Gasteiger partial charge in [-0.15, -0.1) is 0 Å². The van der Waals surface area contributed by atoms with E-state index in [1.807, 2.05) is 20.8 Å². The van der Waals surface area contributed by atoms with Crippen molar-refractivity contribution in [3.63, 3.8) is 0 Å². The third-order valence-electron chi connectivity index (χ3n) is 4.79. The van der Waals surface area contributed by atoms with E-state index in [0.29, 0.717) is 0 Å². The summed E-state index contributed by atoms with van der Waals surface area (Å²) in [5.41, 5.74) is -0.898. The molecule has 0 aliphatic heterocycles. The van der Waals surface area contributed by atoms with E-state index in [2.05, 4.69) is 55.4 Å². The van der Waals surface area contributed by atoms with Gasteiger partial charge >= 0.3 is 5.97 Å². The fraction of sp³-hybridized carbons (Fsp3) is 0.944. The fourth-order valence-electron chi connectivity index (χ4n) is 2.12. The zero-order chi connectivity index (χ0) is 16.6. The lowest BCUT2D eigenvalue weighted by Gasteiger charge is -2.43. The minimum absolute atomic E-state index is 0.0673. The summed E-state index contributed by atoms with van der Waals surface area (Å²) in [5, 5.41) is 0. The Balaban J connectivity index is 5.30. The summed E-state index contributed by atoms with van der Waals surface area (Å²) < 4.78 is 5.94. The SMILES string of the molecule is CC(C)C(C)(CC(C)(C)C)C(=O)OC(C)(C)C(C)(C)C. The van der Waals surface area contributed by atoms with Gasteiger partial charge in [0.15, 0.2) is 0 Å². The van der Waals surface area contributed by atoms with Crippen LogP contribution >= 0.6 is 0 Å². The summed E-state index contributed by atoms with van der Waals surface area (Å²) >= 11 is 0. The van der Waals surface area contributed by atoms with Crippen LogP contribution in [0, 0.1) is 22.2 Å². The normalized spacial score (nSPS) is 17.0. The highest BCUT2D eigenvalue weighted by Crippen LogP contribution is 2.43. The molecule has 0 spiro atoms. The van der Waals surface area contributed by atoms with Crippen molar-refractivity contribution in [2.75, 3.05) is 0 Å². The van der Waals surface area contributed by atoms with Gasteiger partial charge in [-0.05, 0) is 38.5 Å². The molecule has 0 aromatic rings. The minimum Gasteiger partial charge on any atom is -0.459 e. The van der Waals surface area contributed by atoms with Crippen LogP contribution < -0.4 is 0 Å². The molecule has 0 aromatic carbocycles. The van der Waals surface area contributed by atoms with Gasteiger partial charge in [-0.3, -0.25) is 4.79 Å². The molecule has 2 heteroatoms. The van der Waals surface area contributed by atoms with Crippen molar-refractivity contribution in [2.45, 2.75) is 88.2 Å². The molecule has 0 N–H and O–H groups in total. The van der Waals surface area contributed by atoms with Crippen LogP contribution in [0.1, 0.15) is 82.6 Å². The van der Waals surface area contributed by atoms with Crippen LogP contribution in [0.5, 0.6) is 0 Å². The Bertz CT molecular complexity index is 339. The average molecular weight is 284 g/mol. The van der Waals surface area contributed by atoms with Gasteiger partial charge in [-0.1, -0.05) is 55.4 Å². The van der Waals surface area contributed by atoms with Crippen LogP contribution in [0.25, 0.3) is 0 Å². The predicted octanol–water partition coefficient (Wildman–Crippen LogP) is 5.45. The number of carbonyl (C=O) groups is 1. The van der Waals surface area contributed by atoms with E-state index in [1.165, 1.54) is 0 Å². The molecule has 0 saturated heterocycles. The molecule has 2 nitrogen and oxygen atoms in total. The topological polar surface area (TPSA) is 26.3 Å². The second kappa shape index (κ2) is 5.69. The third-order valence-corrected chi connectivity index (χ3v) is 4.79. The van der Waals surface area contributed by atoms with Gasteiger partial charge in [0.1, 0.15) is 5.60 Å². The van der Waals surface area contributed by atoms with Gasteiger partial charge in [0.25, 0.3) is 0 Å². The van der Waals surface area contributed by atoms with E-state index in [1.54, 1.807) is 0 Å². The van der Waals surface area contributed by atoms with Crippen LogP contribution in [0.3, 0.4) is 0 Å². The molecule has 20 heavy (non-hydrogen) atoms. The molecule has 0 amide bonds. The molecule has 0 bridgehead atoms. The Morgan fingerprint density at radius 3 is 1.55 bits per heavy atom. The first-order valence-electron chi connectivity index (χ1n) is 7.76. The number of ether oxygens (including phenoxy) is 1. The number of rotatable bonds is 4. The molecule has 0 aromatic heterocycles. The molecule has 1 unspecified atom stereocenters. The molecule has 0 fully saturated rings. The molecule has 0 rings (SSSR count). The lowest BCUT2D eigenvalue weighted by molar-refractivity contribution is -0.183. The van der Waals surface area contributed by atoms with Crippen molar-refractivity contribution >= 4 is 5.97 Å². The molecule has 120 valence electrons. The van der Waals surface area contributed by atoms with E-state index < -0.39 is 11.0 Å². The average Bonchev–Trinajstić information content (AvgIpc) is 2.11. The summed E-state index contributed by atoms with van der Waals surface area (Å²) in [7, 11) is 0. The van der Waals surface area contributed by atoms with Crippen LogP contribution in [0.4, 0.5) is 0 Å². The van der Waals surface area contributed by atoms with Crippen LogP contribution in [0.2, 0.25) is 0 Å². The molecular formula is C18H36O2. The second-order valence-corrected chi connectivity index (χ2v) is 9.46. The van der Waals surface area contributed by atoms with E-state index in [4.69, 9.17) is 4.74 Å². The quantitative estimate of drug-likeness (QED) is 0.641. The summed E-state index contributed by atoms with van der Waals surface area (Å²) in [5.74, 6) is 0.187. The summed E-state index contributed by atoms with van der Waals surface area (Å²) in [4.78, 5) is 12.8. The zero-order valence-electron chi connectivity index (χ0n) is 15.6. The lowest BCUT2D eigenvalue weighted by Crippen LogP contribution is -2.47. The highest BCUT2D eigenvalue weighted by atomic mass is 16.6. The maximum atomic E-state index is 12.8. The van der Waals surface area contributed by atoms with Gasteiger partial charge in [0.05, 0.1) is 5.41 Å². The predicted molar refractivity (Wildman–Crippen MR) is 86.6 cm³/mol. The first-order chi connectivity index (χ1) is 8.53. The zero-order valence-corrected chi connectivity index (χ0v) is 15.6. The largest absolute Gasteiger partial charge is 0.459 e. The number of hydrogen-bond acceptors (Lipinski definition) is 2. The van der Waals surface area contributed by atoms with E-state index in [9.17, 15) is 4.79 Å². The standard InChI is InChI=1S/C18H36O2/c1-13(2)18(11,12-15(3,4)5)14(19)20-17(9,10)16(6,7)8/h13H,12H2,1-11H3. The maximum Gasteiger partial charge on any atom is 0.312 e. The molecular weight excluding hydrogens is 248 g/mol.